The average molecular weight is 452 g/mol. The van der Waals surface area contributed by atoms with Crippen LogP contribution >= 0.6 is 0 Å². The van der Waals surface area contributed by atoms with Gasteiger partial charge in [0.05, 0.1) is 5.52 Å². The zero-order valence-corrected chi connectivity index (χ0v) is 20.5. The number of benzene rings is 4. The summed E-state index contributed by atoms with van der Waals surface area (Å²) in [5.41, 5.74) is 13.5. The lowest BCUT2D eigenvalue weighted by Crippen LogP contribution is -2.14. The molecule has 0 bridgehead atoms. The maximum Gasteiger partial charge on any atom is 0.0538 e. The molecule has 0 amide bonds. The predicted octanol–water partition coefficient (Wildman–Crippen LogP) is 8.81. The number of hydrogen-bond acceptors (Lipinski definition) is 0. The molecule has 0 aliphatic heterocycles. The highest BCUT2D eigenvalue weighted by atomic mass is 15.0. The summed E-state index contributed by atoms with van der Waals surface area (Å²) < 4.78 is 2.43. The molecule has 1 aromatic heterocycles. The van der Waals surface area contributed by atoms with Gasteiger partial charge in [0.1, 0.15) is 0 Å². The van der Waals surface area contributed by atoms with Crippen molar-refractivity contribution in [1.82, 2.24) is 4.57 Å². The van der Waals surface area contributed by atoms with Gasteiger partial charge in [-0.05, 0) is 87.7 Å². The molecular weight excluding hydrogens is 422 g/mol. The van der Waals surface area contributed by atoms with E-state index < -0.39 is 0 Å². The fraction of sp³-hybridized carbons (Fsp3) is 0.176. The third-order valence-corrected chi connectivity index (χ3v) is 8.15. The van der Waals surface area contributed by atoms with Crippen LogP contribution in [0.2, 0.25) is 0 Å². The van der Waals surface area contributed by atoms with Crippen molar-refractivity contribution in [2.75, 3.05) is 0 Å². The van der Waals surface area contributed by atoms with Crippen molar-refractivity contribution >= 4 is 17.0 Å². The zero-order chi connectivity index (χ0) is 23.7. The Labute approximate surface area is 207 Å². The van der Waals surface area contributed by atoms with Crippen molar-refractivity contribution in [1.29, 1.82) is 0 Å². The average Bonchev–Trinajstić information content (AvgIpc) is 3.33. The van der Waals surface area contributed by atoms with E-state index in [1.54, 1.807) is 0 Å². The summed E-state index contributed by atoms with van der Waals surface area (Å²) in [6.07, 6.45) is 5.76. The van der Waals surface area contributed by atoms with Crippen molar-refractivity contribution in [3.63, 3.8) is 0 Å². The summed E-state index contributed by atoms with van der Waals surface area (Å²) in [5.74, 6) is 0.556. The van der Waals surface area contributed by atoms with E-state index in [0.29, 0.717) is 5.92 Å². The lowest BCUT2D eigenvalue weighted by Gasteiger charge is -2.22. The number of aromatic nitrogens is 1. The number of allylic oxidation sites excluding steroid dienone is 1. The Morgan fingerprint density at radius 3 is 2.31 bits per heavy atom. The fourth-order valence-corrected chi connectivity index (χ4v) is 6.33. The third kappa shape index (κ3) is 2.94. The number of nitrogens with zero attached hydrogens (tertiary/aromatic N) is 1. The number of hydrogen-bond donors (Lipinski definition) is 0. The highest BCUT2D eigenvalue weighted by Crippen LogP contribution is 2.49. The van der Waals surface area contributed by atoms with Gasteiger partial charge in [-0.25, -0.2) is 0 Å². The largest absolute Gasteiger partial charge is 0.310 e. The van der Waals surface area contributed by atoms with Gasteiger partial charge in [0, 0.05) is 22.2 Å². The topological polar surface area (TPSA) is 4.93 Å². The van der Waals surface area contributed by atoms with Gasteiger partial charge in [-0.2, -0.15) is 0 Å². The highest BCUT2D eigenvalue weighted by molar-refractivity contribution is 5.94. The Bertz CT molecular complexity index is 1650. The van der Waals surface area contributed by atoms with Gasteiger partial charge in [-0.15, -0.1) is 0 Å². The molecule has 0 fully saturated rings. The van der Waals surface area contributed by atoms with Gasteiger partial charge < -0.3 is 4.57 Å². The Hall–Kier alpha value is -3.84. The Morgan fingerprint density at radius 1 is 0.743 bits per heavy atom. The molecule has 0 radical (unpaired) electrons. The monoisotopic (exact) mass is 451 g/mol. The molecule has 1 nitrogen and oxygen atoms in total. The molecular formula is C34H29N. The molecule has 2 aliphatic carbocycles. The van der Waals surface area contributed by atoms with E-state index in [0.717, 1.165) is 6.42 Å². The fourth-order valence-electron chi connectivity index (χ4n) is 6.33. The summed E-state index contributed by atoms with van der Waals surface area (Å²) in [7, 11) is 0. The summed E-state index contributed by atoms with van der Waals surface area (Å²) in [6.45, 7) is 7.03. The van der Waals surface area contributed by atoms with Gasteiger partial charge >= 0.3 is 0 Å². The van der Waals surface area contributed by atoms with E-state index in [4.69, 9.17) is 0 Å². The molecule has 2 aliphatic rings. The van der Waals surface area contributed by atoms with Gasteiger partial charge in [0.15, 0.2) is 0 Å². The second-order valence-electron chi connectivity index (χ2n) is 10.7. The molecule has 1 unspecified atom stereocenters. The van der Waals surface area contributed by atoms with E-state index >= 15 is 0 Å². The molecule has 4 aromatic carbocycles. The van der Waals surface area contributed by atoms with Gasteiger partial charge in [0.2, 0.25) is 0 Å². The van der Waals surface area contributed by atoms with Gasteiger partial charge in [-0.1, -0.05) is 87.5 Å². The van der Waals surface area contributed by atoms with Gasteiger partial charge in [0.25, 0.3) is 0 Å². The van der Waals surface area contributed by atoms with Crippen LogP contribution in [0.25, 0.3) is 44.9 Å². The standard InChI is InChI=1S/C34H29N/c1-22-13-17-32-28(19-22)29-20-23(15-18-33(29)35(32)25-9-5-4-6-10-25)24-14-16-27-26-11-7-8-12-30(26)34(2,3)31(27)21-24/h4-18,20-22H,19H2,1-3H3. The Morgan fingerprint density at radius 2 is 1.46 bits per heavy atom. The minimum atomic E-state index is 0.0159. The summed E-state index contributed by atoms with van der Waals surface area (Å²) in [4.78, 5) is 0. The molecule has 170 valence electrons. The highest BCUT2D eigenvalue weighted by Gasteiger charge is 2.35. The molecule has 1 atom stereocenters. The van der Waals surface area contributed by atoms with Gasteiger partial charge in [-0.3, -0.25) is 0 Å². The molecule has 0 saturated heterocycles. The van der Waals surface area contributed by atoms with Crippen molar-refractivity contribution in [3.05, 3.63) is 119 Å². The maximum atomic E-state index is 2.43. The maximum absolute atomic E-state index is 2.43. The van der Waals surface area contributed by atoms with E-state index in [1.807, 2.05) is 0 Å². The second kappa shape index (κ2) is 7.33. The first-order valence-corrected chi connectivity index (χ1v) is 12.7. The predicted molar refractivity (Wildman–Crippen MR) is 148 cm³/mol. The minimum Gasteiger partial charge on any atom is -0.310 e. The molecule has 7 rings (SSSR count). The van der Waals surface area contributed by atoms with Crippen molar-refractivity contribution < 1.29 is 0 Å². The van der Waals surface area contributed by atoms with Crippen LogP contribution in [0.4, 0.5) is 0 Å². The van der Waals surface area contributed by atoms with Crippen molar-refractivity contribution in [2.24, 2.45) is 5.92 Å². The lowest BCUT2D eigenvalue weighted by molar-refractivity contribution is 0.660. The lowest BCUT2D eigenvalue weighted by atomic mass is 9.81. The smallest absolute Gasteiger partial charge is 0.0538 e. The summed E-state index contributed by atoms with van der Waals surface area (Å²) in [5, 5.41) is 1.38. The first kappa shape index (κ1) is 20.5. The van der Waals surface area contributed by atoms with Crippen LogP contribution < -0.4 is 0 Å². The van der Waals surface area contributed by atoms with Crippen LogP contribution in [0.3, 0.4) is 0 Å². The SMILES string of the molecule is CC1C=Cc2c(c3cc(-c4ccc5c(c4)C(C)(C)c4ccccc4-5)ccc3n2-c2ccccc2)C1. The number of fused-ring (bicyclic) bond motifs is 6. The van der Waals surface area contributed by atoms with E-state index in [1.165, 1.54) is 61.2 Å². The molecule has 1 heteroatoms. The van der Waals surface area contributed by atoms with Crippen LogP contribution in [0.15, 0.2) is 97.1 Å². The zero-order valence-electron chi connectivity index (χ0n) is 20.5. The van der Waals surface area contributed by atoms with E-state index in [-0.39, 0.29) is 5.41 Å². The third-order valence-electron chi connectivity index (χ3n) is 8.15. The molecule has 5 aromatic rings. The Kier molecular flexibility index (Phi) is 4.30. The van der Waals surface area contributed by atoms with Crippen LogP contribution in [-0.4, -0.2) is 4.57 Å². The minimum absolute atomic E-state index is 0.0159. The van der Waals surface area contributed by atoms with Crippen LogP contribution in [0.5, 0.6) is 0 Å². The van der Waals surface area contributed by atoms with E-state index in [2.05, 4.69) is 128 Å². The first-order valence-electron chi connectivity index (χ1n) is 12.7. The molecule has 0 saturated carbocycles. The second-order valence-corrected chi connectivity index (χ2v) is 10.7. The normalized spacial score (nSPS) is 17.3. The van der Waals surface area contributed by atoms with Crippen molar-refractivity contribution in [2.45, 2.75) is 32.6 Å². The van der Waals surface area contributed by atoms with Crippen LogP contribution in [0.1, 0.15) is 43.2 Å². The molecule has 1 heterocycles. The molecule has 35 heavy (non-hydrogen) atoms. The Balaban J connectivity index is 1.42. The van der Waals surface area contributed by atoms with E-state index in [9.17, 15) is 0 Å². The first-order chi connectivity index (χ1) is 17.0. The number of para-hydroxylation sites is 1. The number of rotatable bonds is 2. The molecule has 0 spiro atoms. The van der Waals surface area contributed by atoms with Crippen molar-refractivity contribution in [3.8, 4) is 27.9 Å². The van der Waals surface area contributed by atoms with Crippen LogP contribution in [0, 0.1) is 5.92 Å². The molecule has 0 N–H and O–H groups in total. The summed E-state index contributed by atoms with van der Waals surface area (Å²) >= 11 is 0. The quantitative estimate of drug-likeness (QED) is 0.253. The van der Waals surface area contributed by atoms with Crippen LogP contribution in [-0.2, 0) is 11.8 Å². The summed E-state index contributed by atoms with van der Waals surface area (Å²) in [6, 6.07) is 33.7.